The van der Waals surface area contributed by atoms with Crippen LogP contribution in [-0.2, 0) is 13.5 Å². The van der Waals surface area contributed by atoms with Gasteiger partial charge in [0.25, 0.3) is 0 Å². The van der Waals surface area contributed by atoms with Gasteiger partial charge in [0.2, 0.25) is 0 Å². The van der Waals surface area contributed by atoms with Crippen molar-refractivity contribution in [2.45, 2.75) is 13.3 Å². The summed E-state index contributed by atoms with van der Waals surface area (Å²) >= 11 is 0. The second-order valence-electron chi connectivity index (χ2n) is 3.14. The minimum atomic E-state index is 0.883. The Kier molecular flexibility index (Phi) is 3.92. The summed E-state index contributed by atoms with van der Waals surface area (Å²) < 4.78 is 2.03. The first kappa shape index (κ1) is 10.5. The van der Waals surface area contributed by atoms with E-state index in [1.54, 1.807) is 6.08 Å². The molecule has 0 aliphatic carbocycles. The van der Waals surface area contributed by atoms with E-state index in [-0.39, 0.29) is 0 Å². The van der Waals surface area contributed by atoms with E-state index in [1.165, 1.54) is 5.69 Å². The molecule has 14 heavy (non-hydrogen) atoms. The summed E-state index contributed by atoms with van der Waals surface area (Å²) in [6.07, 6.45) is 12.5. The molecular weight excluding hydrogens is 172 g/mol. The Labute approximate surface area is 85.3 Å². The number of aryl methyl sites for hydroxylation is 1. The van der Waals surface area contributed by atoms with Crippen LogP contribution in [0.1, 0.15) is 11.4 Å². The monoisotopic (exact) mass is 188 g/mol. The van der Waals surface area contributed by atoms with E-state index in [9.17, 15) is 0 Å². The highest BCUT2D eigenvalue weighted by Gasteiger charge is 1.99. The van der Waals surface area contributed by atoms with Crippen LogP contribution in [0, 0.1) is 6.92 Å². The number of aromatic nitrogens is 2. The van der Waals surface area contributed by atoms with Gasteiger partial charge >= 0.3 is 0 Å². The van der Waals surface area contributed by atoms with Gasteiger partial charge in [0.1, 0.15) is 0 Å². The fourth-order valence-corrected chi connectivity index (χ4v) is 1.14. The number of rotatable bonds is 4. The van der Waals surface area contributed by atoms with Crippen molar-refractivity contribution in [2.75, 3.05) is 0 Å². The van der Waals surface area contributed by atoms with Crippen LogP contribution < -0.4 is 0 Å². The Morgan fingerprint density at radius 1 is 1.43 bits per heavy atom. The minimum Gasteiger partial charge on any atom is -0.338 e. The van der Waals surface area contributed by atoms with Crippen molar-refractivity contribution in [2.24, 2.45) is 7.05 Å². The number of imidazole rings is 1. The molecule has 0 fully saturated rings. The second-order valence-corrected chi connectivity index (χ2v) is 3.14. The summed E-state index contributed by atoms with van der Waals surface area (Å²) in [5.41, 5.74) is 2.36. The van der Waals surface area contributed by atoms with E-state index in [0.29, 0.717) is 0 Å². The summed E-state index contributed by atoms with van der Waals surface area (Å²) in [7, 11) is 2.01. The van der Waals surface area contributed by atoms with E-state index >= 15 is 0 Å². The molecular formula is C12H16N2. The predicted molar refractivity (Wildman–Crippen MR) is 60.1 cm³/mol. The first-order valence-corrected chi connectivity index (χ1v) is 4.66. The molecule has 0 aliphatic rings. The van der Waals surface area contributed by atoms with Crippen LogP contribution in [0.15, 0.2) is 43.3 Å². The molecule has 2 heteroatoms. The quantitative estimate of drug-likeness (QED) is 0.664. The van der Waals surface area contributed by atoms with Gasteiger partial charge in [0.05, 0.1) is 12.0 Å². The third-order valence-electron chi connectivity index (χ3n) is 2.14. The molecule has 0 unspecified atom stereocenters. The Bertz CT molecular complexity index is 356. The minimum absolute atomic E-state index is 0.883. The third-order valence-corrected chi connectivity index (χ3v) is 2.14. The van der Waals surface area contributed by atoms with E-state index in [0.717, 1.165) is 12.1 Å². The van der Waals surface area contributed by atoms with Crippen molar-refractivity contribution in [3.8, 4) is 0 Å². The zero-order valence-electron chi connectivity index (χ0n) is 8.77. The van der Waals surface area contributed by atoms with Gasteiger partial charge in [-0.1, -0.05) is 37.0 Å². The van der Waals surface area contributed by atoms with Gasteiger partial charge in [0.15, 0.2) is 0 Å². The van der Waals surface area contributed by atoms with Crippen molar-refractivity contribution in [1.29, 1.82) is 0 Å². The lowest BCUT2D eigenvalue weighted by molar-refractivity contribution is 0.869. The van der Waals surface area contributed by atoms with Crippen LogP contribution in [0.25, 0.3) is 0 Å². The topological polar surface area (TPSA) is 17.8 Å². The van der Waals surface area contributed by atoms with Crippen LogP contribution in [0.4, 0.5) is 0 Å². The molecule has 1 aromatic heterocycles. The van der Waals surface area contributed by atoms with Crippen molar-refractivity contribution in [1.82, 2.24) is 9.55 Å². The SMILES string of the molecule is C=C/C=C\C=C/Cc1ncn(C)c1C. The van der Waals surface area contributed by atoms with E-state index in [1.807, 2.05) is 36.2 Å². The first-order chi connectivity index (χ1) is 6.75. The molecule has 2 nitrogen and oxygen atoms in total. The molecule has 0 bridgehead atoms. The van der Waals surface area contributed by atoms with Gasteiger partial charge in [0, 0.05) is 19.2 Å². The maximum atomic E-state index is 4.30. The summed E-state index contributed by atoms with van der Waals surface area (Å²) in [5.74, 6) is 0. The Hall–Kier alpha value is -1.57. The highest BCUT2D eigenvalue weighted by Crippen LogP contribution is 2.05. The normalized spacial score (nSPS) is 11.6. The molecule has 1 rings (SSSR count). The summed E-state index contributed by atoms with van der Waals surface area (Å²) in [4.78, 5) is 4.30. The van der Waals surface area contributed by atoms with Crippen LogP contribution in [0.2, 0.25) is 0 Å². The molecule has 0 atom stereocenters. The molecule has 0 amide bonds. The van der Waals surface area contributed by atoms with Crippen LogP contribution in [0.3, 0.4) is 0 Å². The summed E-state index contributed by atoms with van der Waals surface area (Å²) in [6, 6.07) is 0. The van der Waals surface area contributed by atoms with Crippen molar-refractivity contribution in [3.63, 3.8) is 0 Å². The van der Waals surface area contributed by atoms with Gasteiger partial charge in [-0.15, -0.1) is 0 Å². The zero-order valence-corrected chi connectivity index (χ0v) is 8.77. The fraction of sp³-hybridized carbons (Fsp3) is 0.250. The maximum absolute atomic E-state index is 4.30. The highest BCUT2D eigenvalue weighted by molar-refractivity contribution is 5.16. The first-order valence-electron chi connectivity index (χ1n) is 4.66. The molecule has 0 aromatic carbocycles. The average molecular weight is 188 g/mol. The largest absolute Gasteiger partial charge is 0.338 e. The van der Waals surface area contributed by atoms with Crippen LogP contribution in [0.5, 0.6) is 0 Å². The smallest absolute Gasteiger partial charge is 0.0949 e. The molecule has 1 aromatic rings. The number of allylic oxidation sites excluding steroid dienone is 5. The van der Waals surface area contributed by atoms with Gasteiger partial charge in [-0.05, 0) is 6.92 Å². The molecule has 1 heterocycles. The molecule has 74 valence electrons. The Balaban J connectivity index is 2.53. The molecule has 0 spiro atoms. The lowest BCUT2D eigenvalue weighted by atomic mass is 10.2. The fourth-order valence-electron chi connectivity index (χ4n) is 1.14. The number of hydrogen-bond acceptors (Lipinski definition) is 1. The van der Waals surface area contributed by atoms with Crippen LogP contribution >= 0.6 is 0 Å². The zero-order chi connectivity index (χ0) is 10.4. The van der Waals surface area contributed by atoms with E-state index < -0.39 is 0 Å². The van der Waals surface area contributed by atoms with E-state index in [4.69, 9.17) is 0 Å². The lowest BCUT2D eigenvalue weighted by Gasteiger charge is -1.95. The number of nitrogens with zero attached hydrogens (tertiary/aromatic N) is 2. The van der Waals surface area contributed by atoms with Gasteiger partial charge in [-0.25, -0.2) is 4.98 Å². The average Bonchev–Trinajstić information content (AvgIpc) is 2.49. The van der Waals surface area contributed by atoms with E-state index in [2.05, 4.69) is 24.6 Å². The second kappa shape index (κ2) is 5.22. The summed E-state index contributed by atoms with van der Waals surface area (Å²) in [5, 5.41) is 0. The molecule has 0 aliphatic heterocycles. The van der Waals surface area contributed by atoms with Crippen molar-refractivity contribution in [3.05, 3.63) is 54.7 Å². The Morgan fingerprint density at radius 2 is 2.21 bits per heavy atom. The lowest BCUT2D eigenvalue weighted by Crippen LogP contribution is -1.90. The standard InChI is InChI=1S/C12H16N2/c1-4-5-6-7-8-9-12-11(2)14(3)10-13-12/h4-8,10H,1,9H2,2-3H3/b6-5-,8-7-. The molecule has 0 radical (unpaired) electrons. The van der Waals surface area contributed by atoms with Crippen molar-refractivity contribution < 1.29 is 0 Å². The van der Waals surface area contributed by atoms with Gasteiger partial charge in [-0.3, -0.25) is 0 Å². The van der Waals surface area contributed by atoms with Gasteiger partial charge < -0.3 is 4.57 Å². The third kappa shape index (κ3) is 2.73. The van der Waals surface area contributed by atoms with Crippen molar-refractivity contribution >= 4 is 0 Å². The summed E-state index contributed by atoms with van der Waals surface area (Å²) in [6.45, 7) is 5.68. The Morgan fingerprint density at radius 3 is 2.79 bits per heavy atom. The number of hydrogen-bond donors (Lipinski definition) is 0. The van der Waals surface area contributed by atoms with Gasteiger partial charge in [-0.2, -0.15) is 0 Å². The predicted octanol–water partition coefficient (Wildman–Crippen LogP) is 2.57. The van der Waals surface area contributed by atoms with Crippen LogP contribution in [-0.4, -0.2) is 9.55 Å². The molecule has 0 N–H and O–H groups in total. The molecule has 0 saturated heterocycles. The maximum Gasteiger partial charge on any atom is 0.0949 e. The highest BCUT2D eigenvalue weighted by atomic mass is 15.0. The molecule has 0 saturated carbocycles.